The van der Waals surface area contributed by atoms with Crippen molar-refractivity contribution in [2.45, 2.75) is 23.5 Å². The number of hydrogen-bond acceptors (Lipinski definition) is 4. The minimum atomic E-state index is -4.14. The predicted octanol–water partition coefficient (Wildman–Crippen LogP) is 1.20. The summed E-state index contributed by atoms with van der Waals surface area (Å²) in [5, 5.41) is 18.5. The van der Waals surface area contributed by atoms with Crippen LogP contribution in [0.2, 0.25) is 10.0 Å². The minimum absolute atomic E-state index is 0.0550. The lowest BCUT2D eigenvalue weighted by molar-refractivity contribution is -0.140. The Kier molecular flexibility index (Phi) is 4.27. The molecule has 110 valence electrons. The zero-order chi connectivity index (χ0) is 15.1. The molecule has 0 aromatic heterocycles. The smallest absolute Gasteiger partial charge is 0.322 e. The number of aliphatic hydroxyl groups excluding tert-OH is 1. The largest absolute Gasteiger partial charge is 0.480 e. The van der Waals surface area contributed by atoms with Crippen LogP contribution in [-0.4, -0.2) is 47.6 Å². The average Bonchev–Trinajstić information content (AvgIpc) is 2.75. The van der Waals surface area contributed by atoms with E-state index in [4.69, 9.17) is 28.3 Å². The van der Waals surface area contributed by atoms with E-state index >= 15 is 0 Å². The second kappa shape index (κ2) is 5.50. The number of aliphatic carboxylic acids is 1. The third-order valence-corrected chi connectivity index (χ3v) is 5.87. The van der Waals surface area contributed by atoms with Gasteiger partial charge in [-0.15, -0.1) is 0 Å². The van der Waals surface area contributed by atoms with Gasteiger partial charge in [0.15, 0.2) is 0 Å². The molecule has 1 aromatic rings. The van der Waals surface area contributed by atoms with Crippen molar-refractivity contribution in [1.82, 2.24) is 4.31 Å². The molecule has 1 heterocycles. The lowest BCUT2D eigenvalue weighted by atomic mass is 10.2. The topological polar surface area (TPSA) is 94.9 Å². The Bertz CT molecular complexity index is 648. The van der Waals surface area contributed by atoms with Crippen LogP contribution < -0.4 is 0 Å². The molecule has 1 fully saturated rings. The molecule has 1 saturated heterocycles. The van der Waals surface area contributed by atoms with Gasteiger partial charge in [0.2, 0.25) is 10.0 Å². The Hall–Kier alpha value is -0.860. The van der Waals surface area contributed by atoms with Crippen LogP contribution in [0.1, 0.15) is 6.42 Å². The first-order chi connectivity index (χ1) is 9.25. The van der Waals surface area contributed by atoms with Crippen molar-refractivity contribution in [2.75, 3.05) is 6.54 Å². The number of aliphatic hydroxyl groups is 1. The van der Waals surface area contributed by atoms with Gasteiger partial charge >= 0.3 is 5.97 Å². The summed E-state index contributed by atoms with van der Waals surface area (Å²) < 4.78 is 25.7. The van der Waals surface area contributed by atoms with E-state index in [2.05, 4.69) is 0 Å². The fourth-order valence-electron chi connectivity index (χ4n) is 2.08. The molecule has 1 aromatic carbocycles. The first-order valence-electron chi connectivity index (χ1n) is 5.62. The fraction of sp³-hybridized carbons (Fsp3) is 0.364. The van der Waals surface area contributed by atoms with Crippen molar-refractivity contribution in [2.24, 2.45) is 0 Å². The quantitative estimate of drug-likeness (QED) is 0.862. The molecule has 20 heavy (non-hydrogen) atoms. The van der Waals surface area contributed by atoms with E-state index in [-0.39, 0.29) is 27.9 Å². The van der Waals surface area contributed by atoms with Gasteiger partial charge < -0.3 is 10.2 Å². The highest BCUT2D eigenvalue weighted by atomic mass is 35.5. The van der Waals surface area contributed by atoms with Gasteiger partial charge in [-0.2, -0.15) is 4.31 Å². The standard InChI is InChI=1S/C11H11Cl2NO5S/c12-7-2-1-3-9(10(7)13)20(18,19)14-5-6(15)4-8(14)11(16)17/h1-3,6,8,15H,4-5H2,(H,16,17)/t6-,8-/m1/s1. The van der Waals surface area contributed by atoms with Crippen LogP contribution in [0, 0.1) is 0 Å². The van der Waals surface area contributed by atoms with Gasteiger partial charge in [-0.3, -0.25) is 4.79 Å². The van der Waals surface area contributed by atoms with E-state index in [1.54, 1.807) is 0 Å². The van der Waals surface area contributed by atoms with Crippen LogP contribution in [-0.2, 0) is 14.8 Å². The third kappa shape index (κ3) is 2.64. The highest BCUT2D eigenvalue weighted by Gasteiger charge is 2.44. The number of carboxylic acid groups (broad SMARTS) is 1. The summed E-state index contributed by atoms with van der Waals surface area (Å²) in [6.07, 6.45) is -1.18. The maximum Gasteiger partial charge on any atom is 0.322 e. The minimum Gasteiger partial charge on any atom is -0.480 e. The second-order valence-corrected chi connectivity index (χ2v) is 7.01. The molecule has 1 aliphatic heterocycles. The summed E-state index contributed by atoms with van der Waals surface area (Å²) in [6, 6.07) is 2.76. The molecule has 6 nitrogen and oxygen atoms in total. The van der Waals surface area contributed by atoms with Crippen molar-refractivity contribution in [3.8, 4) is 0 Å². The summed E-state index contributed by atoms with van der Waals surface area (Å²) >= 11 is 11.6. The van der Waals surface area contributed by atoms with Crippen molar-refractivity contribution in [1.29, 1.82) is 0 Å². The molecule has 2 atom stereocenters. The lowest BCUT2D eigenvalue weighted by Crippen LogP contribution is -2.40. The molecule has 9 heteroatoms. The Balaban J connectivity index is 2.49. The van der Waals surface area contributed by atoms with Crippen LogP contribution in [0.5, 0.6) is 0 Å². The first-order valence-corrected chi connectivity index (χ1v) is 7.81. The Morgan fingerprint density at radius 3 is 2.60 bits per heavy atom. The molecule has 0 spiro atoms. The van der Waals surface area contributed by atoms with Crippen LogP contribution in [0.3, 0.4) is 0 Å². The molecule has 2 N–H and O–H groups in total. The summed E-state index contributed by atoms with van der Waals surface area (Å²) in [7, 11) is -4.14. The number of nitrogens with zero attached hydrogens (tertiary/aromatic N) is 1. The number of rotatable bonds is 3. The Morgan fingerprint density at radius 2 is 2.00 bits per heavy atom. The van der Waals surface area contributed by atoms with Crippen molar-refractivity contribution < 1.29 is 23.4 Å². The first kappa shape index (κ1) is 15.5. The monoisotopic (exact) mass is 339 g/mol. The zero-order valence-corrected chi connectivity index (χ0v) is 12.4. The molecule has 0 amide bonds. The van der Waals surface area contributed by atoms with E-state index in [0.717, 1.165) is 4.31 Å². The van der Waals surface area contributed by atoms with Gasteiger partial charge in [0.25, 0.3) is 0 Å². The van der Waals surface area contributed by atoms with E-state index in [0.29, 0.717) is 0 Å². The van der Waals surface area contributed by atoms with Crippen LogP contribution in [0.4, 0.5) is 0 Å². The van der Waals surface area contributed by atoms with Crippen LogP contribution in [0.25, 0.3) is 0 Å². The SMILES string of the molecule is O=C(O)[C@H]1C[C@@H](O)CN1S(=O)(=O)c1cccc(Cl)c1Cl. The number of halogens is 2. The average molecular weight is 340 g/mol. The number of sulfonamides is 1. The van der Waals surface area contributed by atoms with E-state index in [1.165, 1.54) is 18.2 Å². The highest BCUT2D eigenvalue weighted by Crippen LogP contribution is 2.34. The molecule has 0 radical (unpaired) electrons. The number of carbonyl (C=O) groups is 1. The number of benzene rings is 1. The van der Waals surface area contributed by atoms with E-state index < -0.39 is 28.1 Å². The van der Waals surface area contributed by atoms with Gasteiger partial charge in [-0.25, -0.2) is 8.42 Å². The molecule has 0 aliphatic carbocycles. The molecule has 0 bridgehead atoms. The summed E-state index contributed by atoms with van der Waals surface area (Å²) in [4.78, 5) is 10.8. The van der Waals surface area contributed by atoms with Gasteiger partial charge in [-0.05, 0) is 12.1 Å². The highest BCUT2D eigenvalue weighted by molar-refractivity contribution is 7.89. The predicted molar refractivity (Wildman–Crippen MR) is 72.4 cm³/mol. The van der Waals surface area contributed by atoms with Crippen molar-refractivity contribution >= 4 is 39.2 Å². The molecule has 1 aliphatic rings. The van der Waals surface area contributed by atoms with Crippen LogP contribution >= 0.6 is 23.2 Å². The summed E-state index contributed by atoms with van der Waals surface area (Å²) in [6.45, 7) is -0.290. The zero-order valence-electron chi connectivity index (χ0n) is 10.0. The van der Waals surface area contributed by atoms with Gasteiger partial charge in [0, 0.05) is 13.0 Å². The molecular formula is C11H11Cl2NO5S. The van der Waals surface area contributed by atoms with Gasteiger partial charge in [0.05, 0.1) is 16.1 Å². The van der Waals surface area contributed by atoms with Crippen molar-refractivity contribution in [3.63, 3.8) is 0 Å². The van der Waals surface area contributed by atoms with Crippen LogP contribution in [0.15, 0.2) is 23.1 Å². The number of hydrogen-bond donors (Lipinski definition) is 2. The Morgan fingerprint density at radius 1 is 1.35 bits per heavy atom. The summed E-state index contributed by atoms with van der Waals surface area (Å²) in [5.74, 6) is -1.32. The maximum absolute atomic E-state index is 12.5. The Labute approximate surface area is 125 Å². The third-order valence-electron chi connectivity index (χ3n) is 3.02. The fourth-order valence-corrected chi connectivity index (χ4v) is 4.45. The van der Waals surface area contributed by atoms with E-state index in [1.807, 2.05) is 0 Å². The second-order valence-electron chi connectivity index (χ2n) is 4.37. The lowest BCUT2D eigenvalue weighted by Gasteiger charge is -2.21. The van der Waals surface area contributed by atoms with Gasteiger partial charge in [-0.1, -0.05) is 29.3 Å². The van der Waals surface area contributed by atoms with Gasteiger partial charge in [0.1, 0.15) is 10.9 Å². The molecule has 0 saturated carbocycles. The number of β-amino-alcohol motifs (C(OH)–C–C–N with tert-alkyl or cyclic N) is 1. The van der Waals surface area contributed by atoms with Crippen molar-refractivity contribution in [3.05, 3.63) is 28.2 Å². The molecule has 0 unspecified atom stereocenters. The molecular weight excluding hydrogens is 329 g/mol. The van der Waals surface area contributed by atoms with E-state index in [9.17, 15) is 18.3 Å². The normalized spacial score (nSPS) is 23.9. The maximum atomic E-state index is 12.5. The summed E-state index contributed by atoms with van der Waals surface area (Å²) in [5.41, 5.74) is 0. The number of carboxylic acids is 1. The molecule has 2 rings (SSSR count).